The van der Waals surface area contributed by atoms with Crippen LogP contribution in [0.25, 0.3) is 11.3 Å². The van der Waals surface area contributed by atoms with Crippen LogP contribution in [-0.2, 0) is 0 Å². The van der Waals surface area contributed by atoms with E-state index in [4.69, 9.17) is 5.73 Å². The highest BCUT2D eigenvalue weighted by Gasteiger charge is 2.42. The lowest BCUT2D eigenvalue weighted by Gasteiger charge is -2.19. The van der Waals surface area contributed by atoms with E-state index in [-0.39, 0.29) is 24.4 Å². The molecule has 2 aliphatic rings. The first-order valence-electron chi connectivity index (χ1n) is 8.19. The zero-order valence-corrected chi connectivity index (χ0v) is 15.3. The Balaban J connectivity index is 0.00000169. The molecule has 1 saturated heterocycles. The third kappa shape index (κ3) is 3.08. The van der Waals surface area contributed by atoms with E-state index in [9.17, 15) is 4.79 Å². The number of amides is 1. The van der Waals surface area contributed by atoms with Gasteiger partial charge in [-0.2, -0.15) is 0 Å². The van der Waals surface area contributed by atoms with Gasteiger partial charge in [-0.1, -0.05) is 12.1 Å². The average Bonchev–Trinajstić information content (AvgIpc) is 3.25. The summed E-state index contributed by atoms with van der Waals surface area (Å²) in [4.78, 5) is 19.3. The number of carbonyl (C=O) groups excluding carboxylic acids is 1. The second-order valence-corrected chi connectivity index (χ2v) is 7.77. The van der Waals surface area contributed by atoms with Crippen molar-refractivity contribution in [1.29, 1.82) is 0 Å². The van der Waals surface area contributed by atoms with Gasteiger partial charge in [0.2, 0.25) is 0 Å². The van der Waals surface area contributed by atoms with E-state index in [1.807, 2.05) is 41.5 Å². The van der Waals surface area contributed by atoms with E-state index in [0.717, 1.165) is 47.8 Å². The van der Waals surface area contributed by atoms with E-state index in [1.165, 1.54) is 0 Å². The Morgan fingerprint density at radius 1 is 1.33 bits per heavy atom. The number of nitrogens with zero attached hydrogens (tertiary/aromatic N) is 2. The molecule has 128 valence electrons. The normalized spacial score (nSPS) is 25.4. The van der Waals surface area contributed by atoms with E-state index in [2.05, 4.69) is 4.98 Å². The van der Waals surface area contributed by atoms with Gasteiger partial charge in [0.05, 0.1) is 10.7 Å². The summed E-state index contributed by atoms with van der Waals surface area (Å²) in [6, 6.07) is 8.09. The molecule has 1 aromatic heterocycles. The van der Waals surface area contributed by atoms with Gasteiger partial charge in [0.15, 0.2) is 0 Å². The minimum Gasteiger partial charge on any atom is -0.338 e. The summed E-state index contributed by atoms with van der Waals surface area (Å²) < 4.78 is 0. The summed E-state index contributed by atoms with van der Waals surface area (Å²) >= 11 is 1.63. The lowest BCUT2D eigenvalue weighted by Crippen LogP contribution is -2.33. The zero-order valence-electron chi connectivity index (χ0n) is 13.6. The lowest BCUT2D eigenvalue weighted by molar-refractivity contribution is 0.0779. The van der Waals surface area contributed by atoms with Crippen molar-refractivity contribution >= 4 is 29.7 Å². The Morgan fingerprint density at radius 2 is 2.17 bits per heavy atom. The summed E-state index contributed by atoms with van der Waals surface area (Å²) in [7, 11) is 0. The largest absolute Gasteiger partial charge is 0.338 e. The van der Waals surface area contributed by atoms with Crippen molar-refractivity contribution in [1.82, 2.24) is 9.88 Å². The standard InChI is InChI=1S/C18H21N3OS.ClH/c1-11-20-17(10-23-11)12-3-2-4-13(7-12)18(22)21-8-14-5-6-16(19)15(14)9-21;/h2-4,7,10,14-16H,5-6,8-9,19H2,1H3;1H. The van der Waals surface area contributed by atoms with Crippen LogP contribution in [0.3, 0.4) is 0 Å². The van der Waals surface area contributed by atoms with Crippen LogP contribution >= 0.6 is 23.7 Å². The Kier molecular flexibility index (Phi) is 4.95. The predicted molar refractivity (Wildman–Crippen MR) is 99.6 cm³/mol. The average molecular weight is 364 g/mol. The molecule has 24 heavy (non-hydrogen) atoms. The molecule has 1 aromatic carbocycles. The summed E-state index contributed by atoms with van der Waals surface area (Å²) in [5.74, 6) is 1.21. The summed E-state index contributed by atoms with van der Waals surface area (Å²) in [6.07, 6.45) is 2.27. The molecule has 4 rings (SSSR count). The maximum atomic E-state index is 12.8. The monoisotopic (exact) mass is 363 g/mol. The number of likely N-dealkylation sites (tertiary alicyclic amines) is 1. The van der Waals surface area contributed by atoms with Crippen LogP contribution in [0, 0.1) is 18.8 Å². The van der Waals surface area contributed by atoms with Crippen molar-refractivity contribution in [2.24, 2.45) is 17.6 Å². The zero-order chi connectivity index (χ0) is 16.0. The summed E-state index contributed by atoms with van der Waals surface area (Å²) in [5, 5.41) is 3.08. The molecule has 1 amide bonds. The molecule has 2 N–H and O–H groups in total. The van der Waals surface area contributed by atoms with Crippen molar-refractivity contribution in [3.05, 3.63) is 40.2 Å². The quantitative estimate of drug-likeness (QED) is 0.890. The summed E-state index contributed by atoms with van der Waals surface area (Å²) in [6.45, 7) is 3.66. The van der Waals surface area contributed by atoms with Crippen molar-refractivity contribution < 1.29 is 4.79 Å². The van der Waals surface area contributed by atoms with Crippen LogP contribution in [0.1, 0.15) is 28.2 Å². The fraction of sp³-hybridized carbons (Fsp3) is 0.444. The van der Waals surface area contributed by atoms with Crippen LogP contribution in [0.4, 0.5) is 0 Å². The van der Waals surface area contributed by atoms with Gasteiger partial charge in [-0.3, -0.25) is 4.79 Å². The maximum Gasteiger partial charge on any atom is 0.253 e. The fourth-order valence-electron chi connectivity index (χ4n) is 3.96. The van der Waals surface area contributed by atoms with E-state index in [0.29, 0.717) is 11.8 Å². The SMILES string of the molecule is Cc1nc(-c2cccc(C(=O)N3CC4CCC(N)C4C3)c2)cs1.Cl. The second kappa shape index (κ2) is 6.82. The highest BCUT2D eigenvalue weighted by Crippen LogP contribution is 2.37. The smallest absolute Gasteiger partial charge is 0.253 e. The molecule has 1 aliphatic heterocycles. The molecular weight excluding hydrogens is 342 g/mol. The molecule has 1 aliphatic carbocycles. The molecule has 2 heterocycles. The Hall–Kier alpha value is -1.43. The lowest BCUT2D eigenvalue weighted by atomic mass is 9.98. The molecule has 0 bridgehead atoms. The van der Waals surface area contributed by atoms with Crippen molar-refractivity contribution in [2.45, 2.75) is 25.8 Å². The second-order valence-electron chi connectivity index (χ2n) is 6.71. The minimum atomic E-state index is 0. The number of hydrogen-bond acceptors (Lipinski definition) is 4. The molecule has 3 atom stereocenters. The Morgan fingerprint density at radius 3 is 2.88 bits per heavy atom. The first-order valence-corrected chi connectivity index (χ1v) is 9.07. The third-order valence-electron chi connectivity index (χ3n) is 5.22. The molecule has 2 aromatic rings. The Bertz CT molecular complexity index is 747. The predicted octanol–water partition coefficient (Wildman–Crippen LogP) is 3.35. The molecule has 2 fully saturated rings. The number of thiazole rings is 1. The first-order chi connectivity index (χ1) is 11.1. The highest BCUT2D eigenvalue weighted by molar-refractivity contribution is 7.09. The molecule has 1 saturated carbocycles. The molecular formula is C18H22ClN3OS. The molecule has 0 spiro atoms. The topological polar surface area (TPSA) is 59.2 Å². The van der Waals surface area contributed by atoms with Crippen LogP contribution in [0.2, 0.25) is 0 Å². The number of nitrogens with two attached hydrogens (primary N) is 1. The van der Waals surface area contributed by atoms with Gasteiger partial charge < -0.3 is 10.6 Å². The molecule has 4 nitrogen and oxygen atoms in total. The van der Waals surface area contributed by atoms with Crippen LogP contribution in [-0.4, -0.2) is 34.9 Å². The van der Waals surface area contributed by atoms with E-state index >= 15 is 0 Å². The van der Waals surface area contributed by atoms with E-state index < -0.39 is 0 Å². The van der Waals surface area contributed by atoms with Crippen molar-refractivity contribution in [3.8, 4) is 11.3 Å². The third-order valence-corrected chi connectivity index (χ3v) is 6.00. The molecule has 3 unspecified atom stereocenters. The number of carbonyl (C=O) groups is 1. The molecule has 6 heteroatoms. The number of aromatic nitrogens is 1. The Labute approximate surface area is 152 Å². The summed E-state index contributed by atoms with van der Waals surface area (Å²) in [5.41, 5.74) is 8.89. The first kappa shape index (κ1) is 17.4. The van der Waals surface area contributed by atoms with Crippen molar-refractivity contribution in [2.75, 3.05) is 13.1 Å². The van der Waals surface area contributed by atoms with Crippen molar-refractivity contribution in [3.63, 3.8) is 0 Å². The van der Waals surface area contributed by atoms with E-state index in [1.54, 1.807) is 11.3 Å². The van der Waals surface area contributed by atoms with Crippen LogP contribution < -0.4 is 5.73 Å². The number of hydrogen-bond donors (Lipinski definition) is 1. The number of aryl methyl sites for hydroxylation is 1. The highest BCUT2D eigenvalue weighted by atomic mass is 35.5. The van der Waals surface area contributed by atoms with Gasteiger partial charge in [0.1, 0.15) is 0 Å². The van der Waals surface area contributed by atoms with Gasteiger partial charge in [-0.05, 0) is 43.7 Å². The number of fused-ring (bicyclic) bond motifs is 1. The van der Waals surface area contributed by atoms with Crippen LogP contribution in [0.15, 0.2) is 29.6 Å². The number of rotatable bonds is 2. The van der Waals surface area contributed by atoms with Gasteiger partial charge in [0.25, 0.3) is 5.91 Å². The fourth-order valence-corrected chi connectivity index (χ4v) is 4.59. The van der Waals surface area contributed by atoms with Crippen LogP contribution in [0.5, 0.6) is 0 Å². The van der Waals surface area contributed by atoms with Gasteiger partial charge in [-0.15, -0.1) is 23.7 Å². The number of benzene rings is 1. The van der Waals surface area contributed by atoms with Gasteiger partial charge in [0, 0.05) is 35.6 Å². The number of halogens is 1. The van der Waals surface area contributed by atoms with Gasteiger partial charge >= 0.3 is 0 Å². The maximum absolute atomic E-state index is 12.8. The molecule has 0 radical (unpaired) electrons. The minimum absolute atomic E-state index is 0. The van der Waals surface area contributed by atoms with Gasteiger partial charge in [-0.25, -0.2) is 4.98 Å².